The number of para-hydroxylation sites is 4. The third kappa shape index (κ3) is 7.62. The quantitative estimate of drug-likeness (QED) is 0.338. The number of oxazole rings is 2. The van der Waals surface area contributed by atoms with Gasteiger partial charge in [0, 0.05) is 19.3 Å². The van der Waals surface area contributed by atoms with Gasteiger partial charge >= 0.3 is 23.5 Å². The van der Waals surface area contributed by atoms with Crippen molar-refractivity contribution in [1.82, 2.24) is 9.55 Å². The van der Waals surface area contributed by atoms with Crippen molar-refractivity contribution >= 4 is 53.5 Å². The highest BCUT2D eigenvalue weighted by Crippen LogP contribution is 2.11. The number of ether oxygens (including phenoxy) is 1. The summed E-state index contributed by atoms with van der Waals surface area (Å²) < 4.78 is 15.0. The van der Waals surface area contributed by atoms with Gasteiger partial charge in [0.05, 0.1) is 11.0 Å². The maximum atomic E-state index is 11.4. The Morgan fingerprint density at radius 3 is 1.94 bits per heavy atom. The Hall–Kier alpha value is -3.86. The van der Waals surface area contributed by atoms with E-state index in [9.17, 15) is 24.0 Å². The molecule has 0 fully saturated rings. The minimum atomic E-state index is -0.613. The maximum absolute atomic E-state index is 11.4. The normalized spacial score (nSPS) is 9.74. The van der Waals surface area contributed by atoms with Crippen molar-refractivity contribution in [2.45, 2.75) is 40.0 Å². The number of aromatic nitrogens is 2. The smallest absolute Gasteiger partial charge is 0.408 e. The lowest BCUT2D eigenvalue weighted by Crippen LogP contribution is -2.21. The number of H-pyrrole nitrogens is 1. The second kappa shape index (κ2) is 13.6. The van der Waals surface area contributed by atoms with Crippen molar-refractivity contribution < 1.29 is 28.0 Å². The molecule has 0 saturated heterocycles. The summed E-state index contributed by atoms with van der Waals surface area (Å²) in [6.07, 6.45) is 0.793. The van der Waals surface area contributed by atoms with Crippen molar-refractivity contribution in [1.29, 1.82) is 0 Å². The number of nitrogens with zero attached hydrogens (tertiary/aromatic N) is 1. The summed E-state index contributed by atoms with van der Waals surface area (Å²) in [5, 5.41) is 0. The van der Waals surface area contributed by atoms with Crippen LogP contribution in [0.4, 0.5) is 0 Å². The highest BCUT2D eigenvalue weighted by Gasteiger charge is 2.13. The number of fused-ring (bicyclic) bond motifs is 2. The average Bonchev–Trinajstić information content (AvgIpc) is 3.37. The number of nitrogens with one attached hydrogen (secondary N) is 1. The fourth-order valence-electron chi connectivity index (χ4n) is 2.53. The Kier molecular flexibility index (Phi) is 11.3. The number of hydrogen-bond acceptors (Lipinski definition) is 8. The topological polar surface area (TPSA) is 142 Å². The van der Waals surface area contributed by atoms with E-state index in [0.717, 1.165) is 10.1 Å². The Morgan fingerprint density at radius 1 is 0.824 bits per heavy atom. The second-order valence-corrected chi connectivity index (χ2v) is 6.48. The number of rotatable bonds is 3. The van der Waals surface area contributed by atoms with Crippen LogP contribution in [0.2, 0.25) is 0 Å². The molecule has 1 N–H and O–H groups in total. The SMILES string of the molecule is CCC(=O)OC(=O)CC.CCC(=O)n1c(=O)oc2ccccc21.O=c1[nH]c2ccccc2o1.S. The van der Waals surface area contributed by atoms with Gasteiger partial charge in [-0.05, 0) is 24.3 Å². The zero-order valence-electron chi connectivity index (χ0n) is 19.0. The highest BCUT2D eigenvalue weighted by molar-refractivity contribution is 7.59. The van der Waals surface area contributed by atoms with Crippen molar-refractivity contribution in [2.75, 3.05) is 0 Å². The van der Waals surface area contributed by atoms with Gasteiger partial charge in [-0.2, -0.15) is 13.5 Å². The molecule has 0 unspecified atom stereocenters. The fraction of sp³-hybridized carbons (Fsp3) is 0.261. The molecule has 0 saturated carbocycles. The van der Waals surface area contributed by atoms with Crippen LogP contribution in [-0.2, 0) is 14.3 Å². The number of aromatic amines is 1. The second-order valence-electron chi connectivity index (χ2n) is 6.48. The molecule has 4 rings (SSSR count). The Bertz CT molecular complexity index is 1310. The third-order valence-electron chi connectivity index (χ3n) is 4.17. The van der Waals surface area contributed by atoms with Gasteiger partial charge in [-0.25, -0.2) is 14.2 Å². The Morgan fingerprint density at radius 2 is 1.38 bits per heavy atom. The first-order valence-corrected chi connectivity index (χ1v) is 10.3. The van der Waals surface area contributed by atoms with Crippen LogP contribution in [0.15, 0.2) is 67.0 Å². The molecule has 4 aromatic rings. The summed E-state index contributed by atoms with van der Waals surface area (Å²) >= 11 is 0. The molecule has 34 heavy (non-hydrogen) atoms. The molecule has 2 aromatic carbocycles. The Balaban J connectivity index is 0.000000260. The molecule has 0 spiro atoms. The highest BCUT2D eigenvalue weighted by atomic mass is 32.1. The fourth-order valence-corrected chi connectivity index (χ4v) is 2.53. The Labute approximate surface area is 200 Å². The lowest BCUT2D eigenvalue weighted by molar-refractivity contribution is -0.159. The zero-order chi connectivity index (χ0) is 24.4. The molecule has 0 aliphatic heterocycles. The lowest BCUT2D eigenvalue weighted by Gasteiger charge is -1.95. The first-order valence-electron chi connectivity index (χ1n) is 10.3. The van der Waals surface area contributed by atoms with Crippen molar-refractivity contribution in [3.63, 3.8) is 0 Å². The molecule has 10 nitrogen and oxygen atoms in total. The zero-order valence-corrected chi connectivity index (χ0v) is 20.0. The van der Waals surface area contributed by atoms with Crippen LogP contribution < -0.4 is 11.5 Å². The molecule has 0 radical (unpaired) electrons. The molecule has 0 bridgehead atoms. The summed E-state index contributed by atoms with van der Waals surface area (Å²) in [7, 11) is 0. The van der Waals surface area contributed by atoms with Crippen LogP contribution in [-0.4, -0.2) is 27.4 Å². The number of carbonyl (C=O) groups is 3. The van der Waals surface area contributed by atoms with E-state index in [4.69, 9.17) is 8.83 Å². The monoisotopic (exact) mass is 490 g/mol. The maximum Gasteiger partial charge on any atom is 0.426 e. The molecule has 0 amide bonds. The van der Waals surface area contributed by atoms with E-state index in [1.807, 2.05) is 12.1 Å². The van der Waals surface area contributed by atoms with Gasteiger partial charge in [-0.1, -0.05) is 45.0 Å². The summed E-state index contributed by atoms with van der Waals surface area (Å²) in [5.74, 6) is -2.18. The molecule has 11 heteroatoms. The predicted octanol–water partition coefficient (Wildman–Crippen LogP) is 3.75. The van der Waals surface area contributed by atoms with E-state index >= 15 is 0 Å². The van der Waals surface area contributed by atoms with Crippen LogP contribution in [0, 0.1) is 0 Å². The number of hydrogen-bond donors (Lipinski definition) is 1. The van der Waals surface area contributed by atoms with Gasteiger partial charge in [-0.15, -0.1) is 0 Å². The van der Waals surface area contributed by atoms with E-state index in [1.165, 1.54) is 0 Å². The molecule has 2 aromatic heterocycles. The summed E-state index contributed by atoms with van der Waals surface area (Å²) in [5.41, 5.74) is 2.32. The molecule has 0 aliphatic carbocycles. The van der Waals surface area contributed by atoms with E-state index in [-0.39, 0.29) is 38.7 Å². The molecule has 0 atom stereocenters. The largest absolute Gasteiger partial charge is 0.426 e. The lowest BCUT2D eigenvalue weighted by atomic mass is 10.3. The first-order chi connectivity index (χ1) is 15.8. The summed E-state index contributed by atoms with van der Waals surface area (Å²) in [6.45, 7) is 4.99. The molecule has 0 aliphatic rings. The van der Waals surface area contributed by atoms with Gasteiger partial charge in [0.1, 0.15) is 0 Å². The molecule has 182 valence electrons. The van der Waals surface area contributed by atoms with Gasteiger partial charge < -0.3 is 13.6 Å². The average molecular weight is 491 g/mol. The summed E-state index contributed by atoms with van der Waals surface area (Å²) in [6, 6.07) is 14.1. The van der Waals surface area contributed by atoms with Crippen LogP contribution in [0.3, 0.4) is 0 Å². The minimum Gasteiger partial charge on any atom is -0.408 e. The molecular formula is C23H26N2O8S. The van der Waals surface area contributed by atoms with Crippen molar-refractivity contribution in [3.05, 3.63) is 69.6 Å². The van der Waals surface area contributed by atoms with Gasteiger partial charge in [0.15, 0.2) is 11.2 Å². The van der Waals surface area contributed by atoms with Gasteiger partial charge in [0.2, 0.25) is 5.91 Å². The van der Waals surface area contributed by atoms with Crippen LogP contribution in [0.5, 0.6) is 0 Å². The van der Waals surface area contributed by atoms with E-state index < -0.39 is 23.5 Å². The van der Waals surface area contributed by atoms with E-state index in [0.29, 0.717) is 16.7 Å². The van der Waals surface area contributed by atoms with Gasteiger partial charge in [-0.3, -0.25) is 19.4 Å². The third-order valence-corrected chi connectivity index (χ3v) is 4.17. The summed E-state index contributed by atoms with van der Waals surface area (Å²) in [4.78, 5) is 56.5. The number of carbonyl (C=O) groups excluding carboxylic acids is 3. The van der Waals surface area contributed by atoms with Crippen molar-refractivity contribution in [3.8, 4) is 0 Å². The first kappa shape index (κ1) is 28.2. The number of benzene rings is 2. The standard InChI is InChI=1S/C10H9NO3.C7H5NO2.C6H10O3.H2S/c1-2-9(12)11-7-5-3-4-6-8(7)14-10(11)13;9-7-8-5-3-1-2-4-6(5)10-7;1-3-5(7)9-6(8)4-2;/h3-6H,2H2,1H3;1-4H,(H,8,9);3-4H2,1-2H3;1H2. The molecular weight excluding hydrogens is 464 g/mol. The van der Waals surface area contributed by atoms with Gasteiger partial charge in [0.25, 0.3) is 0 Å². The predicted molar refractivity (Wildman–Crippen MR) is 130 cm³/mol. The van der Waals surface area contributed by atoms with Crippen LogP contribution >= 0.6 is 13.5 Å². The minimum absolute atomic E-state index is 0. The molecule has 2 heterocycles. The number of esters is 2. The van der Waals surface area contributed by atoms with Crippen LogP contribution in [0.1, 0.15) is 44.8 Å². The van der Waals surface area contributed by atoms with Crippen molar-refractivity contribution in [2.24, 2.45) is 0 Å². The van der Waals surface area contributed by atoms with E-state index in [1.54, 1.807) is 57.2 Å². The van der Waals surface area contributed by atoms with Crippen LogP contribution in [0.25, 0.3) is 22.2 Å². The van der Waals surface area contributed by atoms with E-state index in [2.05, 4.69) is 9.72 Å².